The average Bonchev–Trinajstić information content (AvgIpc) is 3.16. The summed E-state index contributed by atoms with van der Waals surface area (Å²) < 4.78 is 27.5. The Morgan fingerprint density at radius 1 is 0.482 bits per heavy atom. The van der Waals surface area contributed by atoms with Crippen LogP contribution >= 0.6 is 0 Å². The van der Waals surface area contributed by atoms with Crippen LogP contribution in [-0.2, 0) is 47.7 Å². The number of carbonyl (C=O) groups is 5. The van der Waals surface area contributed by atoms with Crippen LogP contribution in [0.15, 0.2) is 0 Å². The predicted octanol–water partition coefficient (Wildman–Crippen LogP) is 9.13. The molecule has 4 aliphatic carbocycles. The molecule has 0 aromatic carbocycles. The summed E-state index contributed by atoms with van der Waals surface area (Å²) in [6, 6.07) is 0. The van der Waals surface area contributed by atoms with Crippen LogP contribution in [0.5, 0.6) is 0 Å². The summed E-state index contributed by atoms with van der Waals surface area (Å²) in [7, 11) is 0. The number of hydrogen-bond acceptors (Lipinski definition) is 11. The van der Waals surface area contributed by atoms with Gasteiger partial charge in [-0.1, -0.05) is 90.9 Å². The molecule has 0 amide bonds. The van der Waals surface area contributed by atoms with E-state index >= 15 is 0 Å². The van der Waals surface area contributed by atoms with Gasteiger partial charge in [-0.3, -0.25) is 24.0 Å². The molecule has 0 radical (unpaired) electrons. The number of hydrogen-bond donors (Lipinski definition) is 1. The van der Waals surface area contributed by atoms with Crippen molar-refractivity contribution in [2.45, 2.75) is 187 Å². The summed E-state index contributed by atoms with van der Waals surface area (Å²) in [4.78, 5) is 63.1. The minimum Gasteiger partial charge on any atom is -0.466 e. The van der Waals surface area contributed by atoms with E-state index in [-0.39, 0.29) is 81.7 Å². The first-order valence-electron chi connectivity index (χ1n) is 22.5. The molecule has 0 unspecified atom stereocenters. The minimum absolute atomic E-state index is 0.0303. The molecule has 4 fully saturated rings. The molecule has 0 saturated heterocycles. The number of carbonyl (C=O) groups excluding carboxylic acids is 5. The van der Waals surface area contributed by atoms with Crippen molar-refractivity contribution in [2.75, 3.05) is 39.6 Å². The molecule has 0 spiro atoms. The van der Waals surface area contributed by atoms with Crippen LogP contribution < -0.4 is 0 Å². The summed E-state index contributed by atoms with van der Waals surface area (Å²) in [5.41, 5.74) is -1.40. The topological polar surface area (TPSA) is 152 Å². The smallest absolute Gasteiger partial charge is 0.306 e. The molecule has 0 heterocycles. The van der Waals surface area contributed by atoms with Crippen LogP contribution in [-0.4, -0.2) is 74.6 Å². The average molecular weight is 793 g/mol. The molecule has 56 heavy (non-hydrogen) atoms. The van der Waals surface area contributed by atoms with Crippen molar-refractivity contribution in [1.29, 1.82) is 0 Å². The van der Waals surface area contributed by atoms with E-state index in [0.717, 1.165) is 57.8 Å². The summed E-state index contributed by atoms with van der Waals surface area (Å²) in [6.45, 7) is 3.60. The fourth-order valence-corrected chi connectivity index (χ4v) is 9.36. The van der Waals surface area contributed by atoms with Crippen LogP contribution in [0.2, 0.25) is 0 Å². The van der Waals surface area contributed by atoms with E-state index in [2.05, 4.69) is 13.8 Å². The van der Waals surface area contributed by atoms with E-state index in [9.17, 15) is 29.1 Å². The molecule has 0 aromatic rings. The lowest BCUT2D eigenvalue weighted by atomic mass is 9.49. The molecule has 4 aliphatic rings. The van der Waals surface area contributed by atoms with Crippen LogP contribution in [0.1, 0.15) is 187 Å². The molecule has 11 heteroatoms. The quantitative estimate of drug-likeness (QED) is 0.0385. The van der Waals surface area contributed by atoms with E-state index in [1.807, 2.05) is 0 Å². The van der Waals surface area contributed by atoms with Gasteiger partial charge in [0.25, 0.3) is 0 Å². The van der Waals surface area contributed by atoms with Crippen molar-refractivity contribution in [2.24, 2.45) is 28.6 Å². The van der Waals surface area contributed by atoms with E-state index in [1.54, 1.807) is 0 Å². The number of aliphatic hydroxyl groups is 1. The number of esters is 5. The Kier molecular flexibility index (Phi) is 23.1. The highest BCUT2D eigenvalue weighted by Gasteiger charge is 2.52. The van der Waals surface area contributed by atoms with Crippen molar-refractivity contribution in [3.63, 3.8) is 0 Å². The largest absolute Gasteiger partial charge is 0.466 e. The summed E-state index contributed by atoms with van der Waals surface area (Å²) in [5, 5.41) is 10.6. The minimum atomic E-state index is -1.37. The standard InChI is InChI=1S/C45H76O11/c1-3-5-7-9-11-13-15-23-52-39(47)19-17-21-41(49)54-33-45(32-46,35-56-43(51)31-44-28-36-25-37(29-44)27-38(26-36)30-44)34-55-42(50)22-18-20-40(48)53-24-16-14-12-10-8-6-4-2/h36-38,46H,3-35H2,1-2H3. The van der Waals surface area contributed by atoms with Crippen molar-refractivity contribution < 1.29 is 52.8 Å². The van der Waals surface area contributed by atoms with Gasteiger partial charge in [-0.25, -0.2) is 0 Å². The second-order valence-corrected chi connectivity index (χ2v) is 17.6. The van der Waals surface area contributed by atoms with Crippen LogP contribution in [0.4, 0.5) is 0 Å². The van der Waals surface area contributed by atoms with Gasteiger partial charge in [0.1, 0.15) is 19.8 Å². The number of aliphatic hydroxyl groups excluding tert-OH is 1. The highest BCUT2D eigenvalue weighted by Crippen LogP contribution is 2.61. The maximum atomic E-state index is 13.3. The first-order valence-corrected chi connectivity index (χ1v) is 22.5. The third-order valence-electron chi connectivity index (χ3n) is 12.2. The number of unbranched alkanes of at least 4 members (excludes halogenated alkanes) is 12. The molecule has 4 rings (SSSR count). The first kappa shape index (κ1) is 47.7. The van der Waals surface area contributed by atoms with Crippen molar-refractivity contribution in [1.82, 2.24) is 0 Å². The fourth-order valence-electron chi connectivity index (χ4n) is 9.36. The Morgan fingerprint density at radius 2 is 0.821 bits per heavy atom. The molecular weight excluding hydrogens is 716 g/mol. The van der Waals surface area contributed by atoms with E-state index < -0.39 is 24.0 Å². The lowest BCUT2D eigenvalue weighted by Gasteiger charge is -2.56. The fraction of sp³-hybridized carbons (Fsp3) is 0.889. The molecular formula is C45H76O11. The molecule has 4 bridgehead atoms. The normalized spacial score (nSPS) is 21.1. The van der Waals surface area contributed by atoms with Crippen molar-refractivity contribution in [3.8, 4) is 0 Å². The summed E-state index contributed by atoms with van der Waals surface area (Å²) in [5.74, 6) is -0.171. The Balaban J connectivity index is 1.41. The third-order valence-corrected chi connectivity index (χ3v) is 12.2. The molecule has 11 nitrogen and oxygen atoms in total. The van der Waals surface area contributed by atoms with Gasteiger partial charge < -0.3 is 28.8 Å². The zero-order chi connectivity index (χ0) is 40.5. The van der Waals surface area contributed by atoms with Crippen LogP contribution in [0.3, 0.4) is 0 Å². The Hall–Kier alpha value is -2.69. The first-order chi connectivity index (χ1) is 27.1. The van der Waals surface area contributed by atoms with Gasteiger partial charge in [-0.15, -0.1) is 0 Å². The zero-order valence-corrected chi connectivity index (χ0v) is 35.1. The van der Waals surface area contributed by atoms with Gasteiger partial charge in [0, 0.05) is 25.7 Å². The van der Waals surface area contributed by atoms with E-state index in [0.29, 0.717) is 37.4 Å². The Labute approximate surface area is 337 Å². The van der Waals surface area contributed by atoms with Gasteiger partial charge in [0.15, 0.2) is 0 Å². The zero-order valence-electron chi connectivity index (χ0n) is 35.1. The maximum Gasteiger partial charge on any atom is 0.306 e. The highest BCUT2D eigenvalue weighted by molar-refractivity contribution is 5.73. The third kappa shape index (κ3) is 19.2. The maximum absolute atomic E-state index is 13.3. The van der Waals surface area contributed by atoms with Gasteiger partial charge >= 0.3 is 29.8 Å². The van der Waals surface area contributed by atoms with Crippen LogP contribution in [0.25, 0.3) is 0 Å². The van der Waals surface area contributed by atoms with Crippen molar-refractivity contribution >= 4 is 29.8 Å². The SMILES string of the molecule is CCCCCCCCCOC(=O)CCCC(=O)OCC(CO)(COC(=O)CCCC(=O)OCCCCCCCCC)COC(=O)CC12CC3CC(CC(C3)C1)C2. The lowest BCUT2D eigenvalue weighted by Crippen LogP contribution is -2.47. The Morgan fingerprint density at radius 3 is 1.20 bits per heavy atom. The molecule has 4 saturated carbocycles. The van der Waals surface area contributed by atoms with Gasteiger partial charge in [0.2, 0.25) is 0 Å². The monoisotopic (exact) mass is 793 g/mol. The molecule has 0 aliphatic heterocycles. The van der Waals surface area contributed by atoms with Gasteiger partial charge in [-0.2, -0.15) is 0 Å². The van der Waals surface area contributed by atoms with Crippen molar-refractivity contribution in [3.05, 3.63) is 0 Å². The highest BCUT2D eigenvalue weighted by atomic mass is 16.6. The number of rotatable bonds is 33. The van der Waals surface area contributed by atoms with Gasteiger partial charge in [-0.05, 0) is 87.4 Å². The lowest BCUT2D eigenvalue weighted by molar-refractivity contribution is -0.168. The van der Waals surface area contributed by atoms with E-state index in [4.69, 9.17) is 23.7 Å². The number of ether oxygens (including phenoxy) is 5. The molecule has 0 aromatic heterocycles. The predicted molar refractivity (Wildman–Crippen MR) is 213 cm³/mol. The molecule has 0 atom stereocenters. The second-order valence-electron chi connectivity index (χ2n) is 17.6. The van der Waals surface area contributed by atoms with Crippen LogP contribution in [0, 0.1) is 28.6 Å². The van der Waals surface area contributed by atoms with Gasteiger partial charge in [0.05, 0.1) is 31.7 Å². The summed E-state index contributed by atoms with van der Waals surface area (Å²) in [6.07, 6.45) is 23.6. The van der Waals surface area contributed by atoms with E-state index in [1.165, 1.54) is 70.6 Å². The Bertz CT molecular complexity index is 1080. The second kappa shape index (κ2) is 27.1. The molecule has 1 N–H and O–H groups in total. The molecule has 322 valence electrons. The summed E-state index contributed by atoms with van der Waals surface area (Å²) >= 11 is 0.